The molecule has 0 amide bonds. The number of carbonyl (C=O) groups is 1. The van der Waals surface area contributed by atoms with E-state index >= 15 is 0 Å². The highest BCUT2D eigenvalue weighted by molar-refractivity contribution is 8.00. The van der Waals surface area contributed by atoms with Crippen molar-refractivity contribution in [3.8, 4) is 0 Å². The summed E-state index contributed by atoms with van der Waals surface area (Å²) in [4.78, 5) is 10.5. The van der Waals surface area contributed by atoms with Crippen molar-refractivity contribution >= 4 is 29.5 Å². The Balaban J connectivity index is 2.77. The summed E-state index contributed by atoms with van der Waals surface area (Å²) in [6.45, 7) is 3.79. The minimum absolute atomic E-state index is 0.00225. The van der Waals surface area contributed by atoms with Crippen LogP contribution in [0.4, 0.5) is 13.2 Å². The van der Waals surface area contributed by atoms with Crippen LogP contribution < -0.4 is 0 Å². The van der Waals surface area contributed by atoms with E-state index in [1.54, 1.807) is 4.57 Å². The number of halogens is 3. The van der Waals surface area contributed by atoms with Gasteiger partial charge in [0.1, 0.15) is 5.82 Å². The Labute approximate surface area is 122 Å². The molecule has 0 bridgehead atoms. The zero-order valence-corrected chi connectivity index (χ0v) is 12.5. The van der Waals surface area contributed by atoms with E-state index in [1.165, 1.54) is 0 Å². The molecule has 1 aromatic rings. The number of alkyl halides is 3. The fourth-order valence-corrected chi connectivity index (χ4v) is 2.62. The monoisotopic (exact) mass is 329 g/mol. The third kappa shape index (κ3) is 5.61. The molecule has 0 unspecified atom stereocenters. The summed E-state index contributed by atoms with van der Waals surface area (Å²) in [5.41, 5.74) is -4.28. The lowest BCUT2D eigenvalue weighted by molar-refractivity contribution is -0.133. The number of carboxylic acid groups (broad SMARTS) is 1. The number of hydrogen-bond donors (Lipinski definition) is 1. The zero-order chi connectivity index (χ0) is 15.3. The summed E-state index contributed by atoms with van der Waals surface area (Å²) >= 11 is 0.834. The van der Waals surface area contributed by atoms with Crippen LogP contribution >= 0.6 is 23.5 Å². The smallest absolute Gasteiger partial charge is 0.441 e. The van der Waals surface area contributed by atoms with Gasteiger partial charge in [0.05, 0.1) is 5.75 Å². The first kappa shape index (κ1) is 17.2. The van der Waals surface area contributed by atoms with Gasteiger partial charge in [-0.3, -0.25) is 4.79 Å². The number of carboxylic acids is 1. The molecule has 0 atom stereocenters. The van der Waals surface area contributed by atoms with E-state index in [9.17, 15) is 18.0 Å². The second kappa shape index (κ2) is 7.21. The molecule has 1 rings (SSSR count). The van der Waals surface area contributed by atoms with Gasteiger partial charge in [0.2, 0.25) is 0 Å². The van der Waals surface area contributed by atoms with Crippen molar-refractivity contribution in [1.29, 1.82) is 0 Å². The number of thioether (sulfide) groups is 2. The molecule has 0 aliphatic rings. The van der Waals surface area contributed by atoms with Crippen LogP contribution in [0.1, 0.15) is 25.6 Å². The molecule has 0 spiro atoms. The number of nitrogens with zero attached hydrogens (tertiary/aromatic N) is 3. The standard InChI is InChI=1S/C10H14F3N3O2S2/c1-6(2)8-14-15-9(19-5-7(17)18)16(8)3-4-20-10(11,12)13/h6H,3-5H2,1-2H3,(H,17,18). The fraction of sp³-hybridized carbons (Fsp3) is 0.700. The number of aromatic nitrogens is 3. The van der Waals surface area contributed by atoms with Crippen molar-refractivity contribution < 1.29 is 23.1 Å². The van der Waals surface area contributed by atoms with Gasteiger partial charge >= 0.3 is 11.5 Å². The highest BCUT2D eigenvalue weighted by Gasteiger charge is 2.28. The first-order valence-corrected chi connectivity index (χ1v) is 7.66. The molecule has 0 saturated heterocycles. The van der Waals surface area contributed by atoms with E-state index < -0.39 is 11.5 Å². The molecule has 1 N–H and O–H groups in total. The van der Waals surface area contributed by atoms with Crippen LogP contribution in [-0.2, 0) is 11.3 Å². The average molecular weight is 329 g/mol. The highest BCUT2D eigenvalue weighted by atomic mass is 32.2. The van der Waals surface area contributed by atoms with Crippen LogP contribution in [0.15, 0.2) is 5.16 Å². The lowest BCUT2D eigenvalue weighted by Gasteiger charge is -2.12. The van der Waals surface area contributed by atoms with Gasteiger partial charge in [0, 0.05) is 18.2 Å². The summed E-state index contributed by atoms with van der Waals surface area (Å²) in [6, 6.07) is 0. The van der Waals surface area contributed by atoms with E-state index in [1.807, 2.05) is 13.8 Å². The van der Waals surface area contributed by atoms with Crippen LogP contribution in [0.3, 0.4) is 0 Å². The molecule has 0 radical (unpaired) electrons. The lowest BCUT2D eigenvalue weighted by Crippen LogP contribution is -2.12. The van der Waals surface area contributed by atoms with Crippen molar-refractivity contribution in [2.24, 2.45) is 0 Å². The first-order valence-electron chi connectivity index (χ1n) is 5.69. The minimum atomic E-state index is -4.28. The van der Waals surface area contributed by atoms with E-state index in [2.05, 4.69) is 10.2 Å². The second-order valence-corrected chi connectivity index (χ2v) is 6.23. The predicted molar refractivity (Wildman–Crippen MR) is 71.0 cm³/mol. The Bertz CT molecular complexity index is 463. The van der Waals surface area contributed by atoms with Crippen molar-refractivity contribution in [3.05, 3.63) is 5.82 Å². The Hall–Kier alpha value is -0.900. The number of hydrogen-bond acceptors (Lipinski definition) is 5. The van der Waals surface area contributed by atoms with Gasteiger partial charge in [-0.25, -0.2) is 0 Å². The van der Waals surface area contributed by atoms with Gasteiger partial charge in [0.25, 0.3) is 0 Å². The van der Waals surface area contributed by atoms with Crippen molar-refractivity contribution in [2.45, 2.75) is 37.0 Å². The van der Waals surface area contributed by atoms with Gasteiger partial charge in [0.15, 0.2) is 5.16 Å². The number of rotatable bonds is 7. The van der Waals surface area contributed by atoms with Crippen LogP contribution in [0.25, 0.3) is 0 Å². The molecule has 10 heteroatoms. The largest absolute Gasteiger partial charge is 0.481 e. The third-order valence-electron chi connectivity index (χ3n) is 2.17. The fourth-order valence-electron chi connectivity index (χ4n) is 1.42. The minimum Gasteiger partial charge on any atom is -0.481 e. The maximum absolute atomic E-state index is 12.1. The van der Waals surface area contributed by atoms with E-state index in [0.717, 1.165) is 11.8 Å². The topological polar surface area (TPSA) is 68.0 Å². The van der Waals surface area contributed by atoms with Crippen LogP contribution in [0.2, 0.25) is 0 Å². The van der Waals surface area contributed by atoms with Crippen molar-refractivity contribution in [2.75, 3.05) is 11.5 Å². The highest BCUT2D eigenvalue weighted by Crippen LogP contribution is 2.31. The Morgan fingerprint density at radius 3 is 2.55 bits per heavy atom. The van der Waals surface area contributed by atoms with Crippen molar-refractivity contribution in [3.63, 3.8) is 0 Å². The molecule has 0 aliphatic carbocycles. The molecular weight excluding hydrogens is 315 g/mol. The van der Waals surface area contributed by atoms with Crippen LogP contribution in [0.5, 0.6) is 0 Å². The molecular formula is C10H14F3N3O2S2. The summed E-state index contributed by atoms with van der Waals surface area (Å²) in [7, 11) is 0. The second-order valence-electron chi connectivity index (χ2n) is 4.12. The SMILES string of the molecule is CC(C)c1nnc(SCC(=O)O)n1CCSC(F)(F)F. The summed E-state index contributed by atoms with van der Waals surface area (Å²) < 4.78 is 38.0. The van der Waals surface area contributed by atoms with Gasteiger partial charge in [-0.05, 0) is 11.8 Å². The van der Waals surface area contributed by atoms with Gasteiger partial charge in [-0.15, -0.1) is 10.2 Å². The molecule has 0 saturated carbocycles. The Kier molecular flexibility index (Phi) is 6.18. The van der Waals surface area contributed by atoms with Gasteiger partial charge < -0.3 is 9.67 Å². The summed E-state index contributed by atoms with van der Waals surface area (Å²) in [5, 5.41) is 16.7. The quantitative estimate of drug-likeness (QED) is 0.776. The average Bonchev–Trinajstić information content (AvgIpc) is 2.68. The predicted octanol–water partition coefficient (Wildman–Crippen LogP) is 2.83. The molecule has 114 valence electrons. The molecule has 0 aromatic carbocycles. The molecule has 0 fully saturated rings. The molecule has 1 aromatic heterocycles. The van der Waals surface area contributed by atoms with E-state index in [-0.39, 0.29) is 35.7 Å². The number of aliphatic carboxylic acids is 1. The maximum atomic E-state index is 12.1. The van der Waals surface area contributed by atoms with Crippen LogP contribution in [-0.4, -0.2) is 42.9 Å². The Morgan fingerprint density at radius 2 is 2.05 bits per heavy atom. The molecule has 0 aliphatic heterocycles. The van der Waals surface area contributed by atoms with Crippen LogP contribution in [0, 0.1) is 0 Å². The molecule has 20 heavy (non-hydrogen) atoms. The first-order chi connectivity index (χ1) is 9.20. The molecule has 1 heterocycles. The maximum Gasteiger partial charge on any atom is 0.441 e. The third-order valence-corrected chi connectivity index (χ3v) is 3.83. The molecule has 5 nitrogen and oxygen atoms in total. The zero-order valence-electron chi connectivity index (χ0n) is 10.8. The van der Waals surface area contributed by atoms with E-state index in [4.69, 9.17) is 5.11 Å². The van der Waals surface area contributed by atoms with Gasteiger partial charge in [-0.1, -0.05) is 25.6 Å². The summed E-state index contributed by atoms with van der Waals surface area (Å²) in [6.07, 6.45) is 0. The lowest BCUT2D eigenvalue weighted by atomic mass is 10.2. The van der Waals surface area contributed by atoms with Crippen molar-refractivity contribution in [1.82, 2.24) is 14.8 Å². The van der Waals surface area contributed by atoms with E-state index in [0.29, 0.717) is 11.0 Å². The van der Waals surface area contributed by atoms with Gasteiger partial charge in [-0.2, -0.15) is 13.2 Å². The summed E-state index contributed by atoms with van der Waals surface area (Å²) in [5.74, 6) is -0.830. The normalized spacial score (nSPS) is 12.1. The Morgan fingerprint density at radius 1 is 1.40 bits per heavy atom.